The van der Waals surface area contributed by atoms with Crippen molar-refractivity contribution in [3.05, 3.63) is 36.2 Å². The topological polar surface area (TPSA) is 114 Å². The lowest BCUT2D eigenvalue weighted by Gasteiger charge is -2.21. The number of carbonyl (C=O) groups excluding carboxylic acids is 1. The highest BCUT2D eigenvalue weighted by molar-refractivity contribution is 6.00. The van der Waals surface area contributed by atoms with E-state index in [0.717, 1.165) is 0 Å². The number of nitrogens with zero attached hydrogens (tertiary/aromatic N) is 6. The van der Waals surface area contributed by atoms with Gasteiger partial charge in [0.25, 0.3) is 5.91 Å². The van der Waals surface area contributed by atoms with Crippen molar-refractivity contribution >= 4 is 11.4 Å². The fourth-order valence-corrected chi connectivity index (χ4v) is 1.84. The average Bonchev–Trinajstić information content (AvgIpc) is 3.08. The molecule has 0 radical (unpaired) electrons. The van der Waals surface area contributed by atoms with Gasteiger partial charge in [-0.15, -0.1) is 10.2 Å². The van der Waals surface area contributed by atoms with Crippen LogP contribution < -0.4 is 5.32 Å². The number of fused-ring (bicyclic) bond motifs is 1. The lowest BCUT2D eigenvalue weighted by atomic mass is 10.0. The molecule has 3 aromatic heterocycles. The maximum atomic E-state index is 12.4. The zero-order chi connectivity index (χ0) is 14.2. The molecule has 0 aromatic carbocycles. The minimum absolute atomic E-state index is 0.275. The van der Waals surface area contributed by atoms with Gasteiger partial charge in [0.2, 0.25) is 0 Å². The quantitative estimate of drug-likeness (QED) is 0.688. The smallest absolute Gasteiger partial charge is 0.255 e. The SMILES string of the molecule is CC(C)(NC(=O)c1cnn2ccncc12)c1nn[nH]n1. The highest BCUT2D eigenvalue weighted by atomic mass is 16.1. The Morgan fingerprint density at radius 1 is 1.40 bits per heavy atom. The summed E-state index contributed by atoms with van der Waals surface area (Å²) in [5, 5.41) is 20.6. The van der Waals surface area contributed by atoms with Crippen LogP contribution in [-0.2, 0) is 5.54 Å². The van der Waals surface area contributed by atoms with Crippen molar-refractivity contribution in [2.75, 3.05) is 0 Å². The fraction of sp³-hybridized carbons (Fsp3) is 0.273. The van der Waals surface area contributed by atoms with E-state index < -0.39 is 5.54 Å². The van der Waals surface area contributed by atoms with Crippen LogP contribution in [0.2, 0.25) is 0 Å². The summed E-state index contributed by atoms with van der Waals surface area (Å²) in [6, 6.07) is 0. The number of carbonyl (C=O) groups is 1. The van der Waals surface area contributed by atoms with Crippen LogP contribution in [0.4, 0.5) is 0 Å². The summed E-state index contributed by atoms with van der Waals surface area (Å²) in [4.78, 5) is 16.3. The Bertz CT molecular complexity index is 745. The predicted molar refractivity (Wildman–Crippen MR) is 67.7 cm³/mol. The standard InChI is InChI=1S/C11H12N8O/c1-11(2,10-15-17-18-16-10)14-9(20)7-5-13-19-4-3-12-6-8(7)19/h3-6H,1-2H3,(H,14,20)(H,15,16,17,18). The molecule has 9 heteroatoms. The van der Waals surface area contributed by atoms with Gasteiger partial charge in [-0.25, -0.2) is 4.52 Å². The van der Waals surface area contributed by atoms with Crippen LogP contribution in [0, 0.1) is 0 Å². The second-order valence-electron chi connectivity index (χ2n) is 4.78. The van der Waals surface area contributed by atoms with Crippen molar-refractivity contribution in [3.63, 3.8) is 0 Å². The maximum absolute atomic E-state index is 12.4. The lowest BCUT2D eigenvalue weighted by Crippen LogP contribution is -2.41. The number of nitrogens with one attached hydrogen (secondary N) is 2. The van der Waals surface area contributed by atoms with E-state index in [1.165, 1.54) is 6.20 Å². The van der Waals surface area contributed by atoms with E-state index in [-0.39, 0.29) is 5.91 Å². The second-order valence-corrected chi connectivity index (χ2v) is 4.78. The van der Waals surface area contributed by atoms with Gasteiger partial charge < -0.3 is 5.32 Å². The van der Waals surface area contributed by atoms with Gasteiger partial charge in [-0.05, 0) is 13.8 Å². The van der Waals surface area contributed by atoms with Crippen molar-refractivity contribution in [2.45, 2.75) is 19.4 Å². The Labute approximate surface area is 113 Å². The largest absolute Gasteiger partial charge is 0.340 e. The van der Waals surface area contributed by atoms with Gasteiger partial charge in [0.05, 0.1) is 29.0 Å². The van der Waals surface area contributed by atoms with Crippen molar-refractivity contribution < 1.29 is 4.79 Å². The molecule has 0 spiro atoms. The van der Waals surface area contributed by atoms with Gasteiger partial charge in [-0.1, -0.05) is 5.21 Å². The minimum Gasteiger partial charge on any atom is -0.340 e. The average molecular weight is 272 g/mol. The van der Waals surface area contributed by atoms with Crippen molar-refractivity contribution in [1.29, 1.82) is 0 Å². The maximum Gasteiger partial charge on any atom is 0.255 e. The molecule has 0 aliphatic heterocycles. The fourth-order valence-electron chi connectivity index (χ4n) is 1.84. The molecule has 0 aliphatic carbocycles. The number of aromatic nitrogens is 7. The third-order valence-corrected chi connectivity index (χ3v) is 2.90. The Morgan fingerprint density at radius 2 is 2.25 bits per heavy atom. The summed E-state index contributed by atoms with van der Waals surface area (Å²) in [7, 11) is 0. The van der Waals surface area contributed by atoms with E-state index in [1.54, 1.807) is 37.0 Å². The first kappa shape index (κ1) is 12.2. The molecule has 0 saturated heterocycles. The van der Waals surface area contributed by atoms with Crippen LogP contribution in [-0.4, -0.2) is 41.1 Å². The normalized spacial score (nSPS) is 11.7. The molecule has 3 heterocycles. The summed E-state index contributed by atoms with van der Waals surface area (Å²) in [6.45, 7) is 3.58. The highest BCUT2D eigenvalue weighted by Gasteiger charge is 2.28. The van der Waals surface area contributed by atoms with Crippen LogP contribution in [0.15, 0.2) is 24.8 Å². The van der Waals surface area contributed by atoms with Crippen LogP contribution >= 0.6 is 0 Å². The Kier molecular flexibility index (Phi) is 2.67. The molecular weight excluding hydrogens is 260 g/mol. The molecule has 0 saturated carbocycles. The molecule has 0 bridgehead atoms. The van der Waals surface area contributed by atoms with Crippen LogP contribution in [0.3, 0.4) is 0 Å². The summed E-state index contributed by atoms with van der Waals surface area (Å²) in [6.07, 6.45) is 6.36. The highest BCUT2D eigenvalue weighted by Crippen LogP contribution is 2.16. The van der Waals surface area contributed by atoms with Gasteiger partial charge in [-0.2, -0.15) is 10.3 Å². The van der Waals surface area contributed by atoms with E-state index in [0.29, 0.717) is 16.9 Å². The number of hydrogen-bond donors (Lipinski definition) is 2. The molecular formula is C11H12N8O. The summed E-state index contributed by atoms with van der Waals surface area (Å²) in [5.41, 5.74) is 0.323. The molecule has 0 aliphatic rings. The van der Waals surface area contributed by atoms with Gasteiger partial charge in [-0.3, -0.25) is 9.78 Å². The molecule has 9 nitrogen and oxygen atoms in total. The monoisotopic (exact) mass is 272 g/mol. The molecule has 1 amide bonds. The molecule has 20 heavy (non-hydrogen) atoms. The number of hydrogen-bond acceptors (Lipinski definition) is 6. The Hall–Kier alpha value is -2.84. The van der Waals surface area contributed by atoms with E-state index in [2.05, 4.69) is 36.0 Å². The van der Waals surface area contributed by atoms with Gasteiger partial charge in [0.1, 0.15) is 0 Å². The summed E-state index contributed by atoms with van der Waals surface area (Å²) < 4.78 is 1.59. The summed E-state index contributed by atoms with van der Waals surface area (Å²) in [5.74, 6) is 0.128. The number of amides is 1. The van der Waals surface area contributed by atoms with E-state index in [4.69, 9.17) is 0 Å². The van der Waals surface area contributed by atoms with Gasteiger partial charge in [0, 0.05) is 12.4 Å². The first-order valence-corrected chi connectivity index (χ1v) is 5.92. The second kappa shape index (κ2) is 4.37. The minimum atomic E-state index is -0.749. The van der Waals surface area contributed by atoms with E-state index >= 15 is 0 Å². The van der Waals surface area contributed by atoms with Gasteiger partial charge >= 0.3 is 0 Å². The van der Waals surface area contributed by atoms with Crippen LogP contribution in [0.5, 0.6) is 0 Å². The molecule has 3 aromatic rings. The van der Waals surface area contributed by atoms with Crippen molar-refractivity contribution in [1.82, 2.24) is 40.5 Å². The van der Waals surface area contributed by atoms with E-state index in [9.17, 15) is 4.79 Å². The molecule has 0 fully saturated rings. The first-order chi connectivity index (χ1) is 9.58. The Balaban J connectivity index is 1.90. The van der Waals surface area contributed by atoms with Crippen LogP contribution in [0.1, 0.15) is 30.0 Å². The zero-order valence-electron chi connectivity index (χ0n) is 10.9. The molecule has 0 unspecified atom stereocenters. The van der Waals surface area contributed by atoms with E-state index in [1.807, 2.05) is 0 Å². The van der Waals surface area contributed by atoms with Gasteiger partial charge in [0.15, 0.2) is 5.82 Å². The third-order valence-electron chi connectivity index (χ3n) is 2.90. The lowest BCUT2D eigenvalue weighted by molar-refractivity contribution is 0.0910. The Morgan fingerprint density at radius 3 is 3.00 bits per heavy atom. The number of tetrazole rings is 1. The van der Waals surface area contributed by atoms with Crippen LogP contribution in [0.25, 0.3) is 5.52 Å². The number of aromatic amines is 1. The van der Waals surface area contributed by atoms with Crippen molar-refractivity contribution in [3.8, 4) is 0 Å². The molecule has 3 rings (SSSR count). The first-order valence-electron chi connectivity index (χ1n) is 5.92. The zero-order valence-corrected chi connectivity index (χ0v) is 10.9. The van der Waals surface area contributed by atoms with Crippen molar-refractivity contribution in [2.24, 2.45) is 0 Å². The molecule has 0 atom stereocenters. The summed E-state index contributed by atoms with van der Waals surface area (Å²) >= 11 is 0. The number of H-pyrrole nitrogens is 1. The predicted octanol–water partition coefficient (Wildman–Crippen LogP) is -0.0925. The number of rotatable bonds is 3. The molecule has 2 N–H and O–H groups in total. The molecule has 102 valence electrons. The third kappa shape index (κ3) is 1.98.